The van der Waals surface area contributed by atoms with Crippen molar-refractivity contribution < 1.29 is 27.5 Å². The van der Waals surface area contributed by atoms with Crippen LogP contribution in [0.2, 0.25) is 5.15 Å². The Morgan fingerprint density at radius 1 is 1.02 bits per heavy atom. The summed E-state index contributed by atoms with van der Waals surface area (Å²) in [6, 6.07) is 3.34. The Bertz CT molecular complexity index is 1690. The maximum Gasteiger partial charge on any atom is 0.418 e. The van der Waals surface area contributed by atoms with Crippen LogP contribution in [-0.2, 0) is 19.3 Å². The molecule has 212 valence electrons. The van der Waals surface area contributed by atoms with Gasteiger partial charge in [0.15, 0.2) is 5.13 Å². The molecule has 5 heterocycles. The first-order valence-corrected chi connectivity index (χ1v) is 13.4. The molecule has 41 heavy (non-hydrogen) atoms. The van der Waals surface area contributed by atoms with E-state index in [0.29, 0.717) is 39.6 Å². The largest absolute Gasteiger partial charge is 0.494 e. The molecule has 14 heteroatoms. The van der Waals surface area contributed by atoms with Gasteiger partial charge in [0.05, 0.1) is 48.1 Å². The third-order valence-electron chi connectivity index (χ3n) is 6.74. The molecule has 0 atom stereocenters. The number of aromatic nitrogens is 4. The van der Waals surface area contributed by atoms with Crippen LogP contribution in [0.3, 0.4) is 0 Å². The van der Waals surface area contributed by atoms with Gasteiger partial charge in [-0.25, -0.2) is 9.97 Å². The number of amides is 2. The second kappa shape index (κ2) is 10.7. The van der Waals surface area contributed by atoms with E-state index >= 15 is 0 Å². The standard InChI is InChI=1S/C27H22ClF3N6O3S/c1-12-5-15(16-6-22(28)33-9-20(16)40-4)17(7-32-12)24(38)36-26-35-19-10-37(11-21(19)41-26)25(39)23-14(3)13(2)18(8-34-23)27(29,30)31/h5-9H,10-11H2,1-4H3,(H,35,36,38). The van der Waals surface area contributed by atoms with Gasteiger partial charge in [-0.3, -0.25) is 24.9 Å². The van der Waals surface area contributed by atoms with E-state index in [2.05, 4.69) is 25.3 Å². The van der Waals surface area contributed by atoms with Crippen molar-refractivity contribution in [2.45, 2.75) is 40.0 Å². The van der Waals surface area contributed by atoms with E-state index in [1.807, 2.05) is 0 Å². The van der Waals surface area contributed by atoms with Crippen LogP contribution in [0.1, 0.15) is 53.8 Å². The van der Waals surface area contributed by atoms with Gasteiger partial charge in [-0.15, -0.1) is 0 Å². The summed E-state index contributed by atoms with van der Waals surface area (Å²) in [4.78, 5) is 45.3. The lowest BCUT2D eigenvalue weighted by molar-refractivity contribution is -0.138. The maximum atomic E-state index is 13.3. The van der Waals surface area contributed by atoms with E-state index in [0.717, 1.165) is 4.88 Å². The number of thiazole rings is 1. The number of anilines is 1. The Kier molecular flexibility index (Phi) is 7.43. The van der Waals surface area contributed by atoms with Crippen molar-refractivity contribution in [3.05, 3.63) is 80.1 Å². The van der Waals surface area contributed by atoms with Crippen molar-refractivity contribution in [1.29, 1.82) is 0 Å². The van der Waals surface area contributed by atoms with Crippen molar-refractivity contribution in [2.24, 2.45) is 0 Å². The van der Waals surface area contributed by atoms with E-state index in [1.165, 1.54) is 49.6 Å². The molecule has 0 saturated carbocycles. The number of halogens is 4. The fourth-order valence-corrected chi connectivity index (χ4v) is 5.65. The van der Waals surface area contributed by atoms with E-state index < -0.39 is 23.6 Å². The number of carbonyl (C=O) groups is 2. The summed E-state index contributed by atoms with van der Waals surface area (Å²) >= 11 is 7.32. The minimum absolute atomic E-state index is 0.0368. The van der Waals surface area contributed by atoms with Crippen LogP contribution in [0.5, 0.6) is 5.75 Å². The van der Waals surface area contributed by atoms with Crippen molar-refractivity contribution in [3.8, 4) is 16.9 Å². The topological polar surface area (TPSA) is 110 Å². The van der Waals surface area contributed by atoms with Crippen LogP contribution in [0.15, 0.2) is 30.7 Å². The summed E-state index contributed by atoms with van der Waals surface area (Å²) in [5.74, 6) is -0.515. The Hall–Kier alpha value is -4.10. The molecule has 2 amide bonds. The SMILES string of the molecule is COc1cnc(Cl)cc1-c1cc(C)ncc1C(=O)Nc1nc2c(s1)CN(C(=O)c1ncc(C(F)(F)F)c(C)c1C)C2. The smallest absolute Gasteiger partial charge is 0.418 e. The number of hydrogen-bond donors (Lipinski definition) is 1. The quantitative estimate of drug-likeness (QED) is 0.279. The first kappa shape index (κ1) is 28.4. The summed E-state index contributed by atoms with van der Waals surface area (Å²) in [6.45, 7) is 4.88. The fourth-order valence-electron chi connectivity index (χ4n) is 4.51. The number of rotatable bonds is 5. The van der Waals surface area contributed by atoms with Crippen LogP contribution >= 0.6 is 22.9 Å². The molecule has 1 aliphatic rings. The monoisotopic (exact) mass is 602 g/mol. The van der Waals surface area contributed by atoms with Gasteiger partial charge in [-0.1, -0.05) is 22.9 Å². The van der Waals surface area contributed by atoms with Crippen molar-refractivity contribution >= 4 is 39.9 Å². The Balaban J connectivity index is 1.34. The van der Waals surface area contributed by atoms with Crippen LogP contribution in [0.4, 0.5) is 18.3 Å². The first-order valence-electron chi connectivity index (χ1n) is 12.2. The molecule has 5 rings (SSSR count). The summed E-state index contributed by atoms with van der Waals surface area (Å²) < 4.78 is 45.1. The molecule has 1 aliphatic heterocycles. The highest BCUT2D eigenvalue weighted by Crippen LogP contribution is 2.37. The van der Waals surface area contributed by atoms with Crippen molar-refractivity contribution in [3.63, 3.8) is 0 Å². The molecule has 0 spiro atoms. The molecular formula is C27H22ClF3N6O3S. The molecule has 0 fully saturated rings. The number of methoxy groups -OCH3 is 1. The molecule has 9 nitrogen and oxygen atoms in total. The average Bonchev–Trinajstić information content (AvgIpc) is 3.47. The minimum Gasteiger partial charge on any atom is -0.494 e. The summed E-state index contributed by atoms with van der Waals surface area (Å²) in [6.07, 6.45) is -0.941. The van der Waals surface area contributed by atoms with Crippen LogP contribution in [-0.4, -0.2) is 43.8 Å². The molecule has 4 aromatic rings. The number of carbonyl (C=O) groups excluding carboxylic acids is 2. The van der Waals surface area contributed by atoms with Gasteiger partial charge >= 0.3 is 6.18 Å². The molecule has 0 radical (unpaired) electrons. The highest BCUT2D eigenvalue weighted by atomic mass is 35.5. The lowest BCUT2D eigenvalue weighted by Gasteiger charge is -2.19. The summed E-state index contributed by atoms with van der Waals surface area (Å²) in [7, 11) is 1.49. The zero-order valence-electron chi connectivity index (χ0n) is 22.2. The van der Waals surface area contributed by atoms with E-state index in [-0.39, 0.29) is 40.6 Å². The van der Waals surface area contributed by atoms with Gasteiger partial charge in [0.25, 0.3) is 11.8 Å². The molecule has 1 N–H and O–H groups in total. The highest BCUT2D eigenvalue weighted by Gasteiger charge is 2.36. The van der Waals surface area contributed by atoms with Gasteiger partial charge in [0.2, 0.25) is 0 Å². The molecule has 0 aromatic carbocycles. The fraction of sp³-hybridized carbons (Fsp3) is 0.259. The molecule has 0 unspecified atom stereocenters. The number of aryl methyl sites for hydroxylation is 1. The normalized spacial score (nSPS) is 12.8. The van der Waals surface area contributed by atoms with Crippen molar-refractivity contribution in [1.82, 2.24) is 24.8 Å². The molecule has 0 saturated heterocycles. The summed E-state index contributed by atoms with van der Waals surface area (Å²) in [5, 5.41) is 3.36. The van der Waals surface area contributed by atoms with Gasteiger partial charge in [0.1, 0.15) is 16.6 Å². The highest BCUT2D eigenvalue weighted by molar-refractivity contribution is 7.16. The third kappa shape index (κ3) is 5.46. The summed E-state index contributed by atoms with van der Waals surface area (Å²) in [5.41, 5.74) is 1.88. The first-order chi connectivity index (χ1) is 19.4. The Morgan fingerprint density at radius 2 is 1.78 bits per heavy atom. The average molecular weight is 603 g/mol. The Morgan fingerprint density at radius 3 is 2.46 bits per heavy atom. The van der Waals surface area contributed by atoms with Gasteiger partial charge < -0.3 is 9.64 Å². The van der Waals surface area contributed by atoms with Crippen LogP contribution in [0, 0.1) is 20.8 Å². The number of ether oxygens (including phenoxy) is 1. The predicted molar refractivity (Wildman–Crippen MR) is 146 cm³/mol. The number of fused-ring (bicyclic) bond motifs is 1. The molecule has 0 bridgehead atoms. The Labute approximate surface area is 241 Å². The minimum atomic E-state index is -4.56. The van der Waals surface area contributed by atoms with Crippen LogP contribution < -0.4 is 10.1 Å². The number of hydrogen-bond acceptors (Lipinski definition) is 8. The van der Waals surface area contributed by atoms with E-state index in [4.69, 9.17) is 16.3 Å². The molecular weight excluding hydrogens is 581 g/mol. The number of pyridine rings is 3. The van der Waals surface area contributed by atoms with Crippen molar-refractivity contribution in [2.75, 3.05) is 12.4 Å². The second-order valence-corrected chi connectivity index (χ2v) is 10.8. The number of nitrogens with one attached hydrogen (secondary N) is 1. The lowest BCUT2D eigenvalue weighted by atomic mass is 10.0. The van der Waals surface area contributed by atoms with Gasteiger partial charge in [0, 0.05) is 29.2 Å². The van der Waals surface area contributed by atoms with Gasteiger partial charge in [-0.05, 0) is 44.0 Å². The third-order valence-corrected chi connectivity index (χ3v) is 7.95. The maximum absolute atomic E-state index is 13.3. The zero-order chi connectivity index (χ0) is 29.6. The molecule has 0 aliphatic carbocycles. The predicted octanol–water partition coefficient (Wildman–Crippen LogP) is 6.01. The lowest BCUT2D eigenvalue weighted by Crippen LogP contribution is -2.28. The number of nitrogens with zero attached hydrogens (tertiary/aromatic N) is 5. The van der Waals surface area contributed by atoms with Crippen LogP contribution in [0.25, 0.3) is 11.1 Å². The zero-order valence-corrected chi connectivity index (χ0v) is 23.8. The number of alkyl halides is 3. The van der Waals surface area contributed by atoms with E-state index in [9.17, 15) is 22.8 Å². The van der Waals surface area contributed by atoms with E-state index in [1.54, 1.807) is 19.1 Å². The second-order valence-electron chi connectivity index (χ2n) is 9.35. The molecule has 4 aromatic heterocycles. The van der Waals surface area contributed by atoms with Gasteiger partial charge in [-0.2, -0.15) is 13.2 Å².